The number of aromatic nitrogens is 8. The Hall–Kier alpha value is -5.28. The van der Waals surface area contributed by atoms with Gasteiger partial charge in [0.05, 0.1) is 0 Å². The van der Waals surface area contributed by atoms with Crippen LogP contribution in [0.5, 0.6) is 0 Å². The molecule has 7 aromatic rings. The Morgan fingerprint density at radius 3 is 0.621 bits per heavy atom. The molecule has 3 N–H and O–H groups in total. The van der Waals surface area contributed by atoms with E-state index < -0.39 is 0 Å². The first-order valence-corrected chi connectivity index (χ1v) is 20.4. The van der Waals surface area contributed by atoms with Crippen LogP contribution in [0, 0.1) is 111 Å². The van der Waals surface area contributed by atoms with Gasteiger partial charge in [-0.1, -0.05) is 0 Å². The molecule has 0 saturated carbocycles. The third kappa shape index (κ3) is 5.24. The second kappa shape index (κ2) is 13.7. The second-order valence-electron chi connectivity index (χ2n) is 16.6. The van der Waals surface area contributed by atoms with Gasteiger partial charge in [0.25, 0.3) is 0 Å². The summed E-state index contributed by atoms with van der Waals surface area (Å²) in [5.41, 5.74) is 26.4. The Morgan fingerprint density at radius 1 is 0.259 bits per heavy atom. The molecule has 10 heteroatoms. The molecule has 0 atom stereocenters. The Balaban J connectivity index is 0.00000231. The molecule has 3 aromatic heterocycles. The van der Waals surface area contributed by atoms with Crippen molar-refractivity contribution in [2.24, 2.45) is 0 Å². The van der Waals surface area contributed by atoms with Gasteiger partial charge in [0.1, 0.15) is 22.6 Å². The van der Waals surface area contributed by atoms with Crippen LogP contribution in [0.4, 0.5) is 0 Å². The fourth-order valence-electron chi connectivity index (χ4n) is 9.53. The van der Waals surface area contributed by atoms with Crippen molar-refractivity contribution in [3.8, 4) is 45.6 Å². The zero-order chi connectivity index (χ0) is 42.1. The van der Waals surface area contributed by atoms with Gasteiger partial charge in [-0.05, 0) is 200 Å². The van der Waals surface area contributed by atoms with E-state index in [4.69, 9.17) is 34.1 Å². The number of nitrogens with zero attached hydrogens (tertiary/aromatic N) is 6. The number of fused-ring (bicyclic) bond motifs is 20. The molecule has 296 valence electrons. The van der Waals surface area contributed by atoms with Gasteiger partial charge in [-0.2, -0.15) is 0 Å². The average Bonchev–Trinajstić information content (AvgIpc) is 3.96. The molecule has 0 spiro atoms. The van der Waals surface area contributed by atoms with Crippen molar-refractivity contribution in [1.29, 1.82) is 0 Å². The molecule has 2 aliphatic heterocycles. The summed E-state index contributed by atoms with van der Waals surface area (Å²) >= 11 is 1.94. The molecule has 4 aromatic carbocycles. The molecule has 0 radical (unpaired) electrons. The van der Waals surface area contributed by atoms with E-state index in [1.165, 1.54) is 66.8 Å². The van der Waals surface area contributed by atoms with E-state index in [9.17, 15) is 0 Å². The van der Waals surface area contributed by atoms with Crippen LogP contribution in [0.2, 0.25) is 0 Å². The summed E-state index contributed by atoms with van der Waals surface area (Å²) in [6, 6.07) is 0. The molecule has 0 unspecified atom stereocenters. The van der Waals surface area contributed by atoms with E-state index in [2.05, 4.69) is 121 Å². The Labute approximate surface area is 348 Å². The normalized spacial score (nSPS) is 12.0. The Kier molecular flexibility index (Phi) is 9.31. The SMILES string of the molecule is Cc1c(C)c(C)c2c(c1C)-c1nc-2nc2[nH]c(nc3nc(nc4[nH]c(n1)c1c(C)c(C)c(C)c(C)c41)-c1c(C)c(C)c(C)c(C)c1-3)c1c(C)c(C)c(C)c(C)c21.[OH][Mn]. The molecule has 58 heavy (non-hydrogen) atoms. The van der Waals surface area contributed by atoms with Crippen LogP contribution < -0.4 is 0 Å². The summed E-state index contributed by atoms with van der Waals surface area (Å²) < 4.78 is 6.81. The number of benzene rings is 4. The molecule has 0 saturated heterocycles. The van der Waals surface area contributed by atoms with Gasteiger partial charge >= 0.3 is 20.5 Å². The summed E-state index contributed by atoms with van der Waals surface area (Å²) in [5, 5.41) is 4.22. The van der Waals surface area contributed by atoms with Crippen LogP contribution in [-0.4, -0.2) is 44.1 Å². The van der Waals surface area contributed by atoms with E-state index in [0.717, 1.165) is 88.6 Å². The first kappa shape index (κ1) is 39.5. The quantitative estimate of drug-likeness (QED) is 0.130. The van der Waals surface area contributed by atoms with E-state index in [0.29, 0.717) is 23.3 Å². The van der Waals surface area contributed by atoms with Crippen molar-refractivity contribution in [3.05, 3.63) is 89.0 Å². The zero-order valence-corrected chi connectivity index (χ0v) is 37.7. The second-order valence-corrected chi connectivity index (χ2v) is 16.6. The number of aromatic amines is 2. The number of aryl methyl sites for hydroxylation is 4. The van der Waals surface area contributed by atoms with Gasteiger partial charge in [-0.15, -0.1) is 0 Å². The number of nitrogens with one attached hydrogen (secondary N) is 2. The summed E-state index contributed by atoms with van der Waals surface area (Å²) in [6.45, 7) is 35.1. The van der Waals surface area contributed by atoms with Crippen LogP contribution >= 0.6 is 0 Å². The third-order valence-corrected chi connectivity index (χ3v) is 14.4. The van der Waals surface area contributed by atoms with Crippen LogP contribution in [0.25, 0.3) is 89.7 Å². The molecule has 9 nitrogen and oxygen atoms in total. The number of hydrogen-bond donors (Lipinski definition) is 3. The molecule has 2 aliphatic rings. The van der Waals surface area contributed by atoms with Gasteiger partial charge in [-0.3, -0.25) is 0 Å². The van der Waals surface area contributed by atoms with Gasteiger partial charge in [0.15, 0.2) is 23.3 Å². The van der Waals surface area contributed by atoms with Crippen LogP contribution in [0.1, 0.15) is 89.0 Å². The first-order chi connectivity index (χ1) is 27.4. The molecular weight excluding hydrogens is 760 g/mol. The van der Waals surface area contributed by atoms with Crippen molar-refractivity contribution in [1.82, 2.24) is 39.9 Å². The number of H-pyrrole nitrogens is 2. The Bertz CT molecular complexity index is 2790. The van der Waals surface area contributed by atoms with Crippen molar-refractivity contribution in [2.45, 2.75) is 111 Å². The fraction of sp³-hybridized carbons (Fsp3) is 0.333. The average molecular weight is 811 g/mol. The van der Waals surface area contributed by atoms with Crippen LogP contribution in [0.3, 0.4) is 0 Å². The molecule has 0 aliphatic carbocycles. The molecular formula is C48H51MnN8O. The van der Waals surface area contributed by atoms with Crippen molar-refractivity contribution in [3.63, 3.8) is 0 Å². The van der Waals surface area contributed by atoms with E-state index in [1.54, 1.807) is 0 Å². The summed E-state index contributed by atoms with van der Waals surface area (Å²) in [7, 11) is 0. The minimum absolute atomic E-state index is 0.650. The van der Waals surface area contributed by atoms with Crippen molar-refractivity contribution >= 4 is 44.1 Å². The number of hydrogen-bond acceptors (Lipinski definition) is 7. The van der Waals surface area contributed by atoms with Crippen LogP contribution in [0.15, 0.2) is 0 Å². The number of rotatable bonds is 0. The predicted octanol–water partition coefficient (Wildman–Crippen LogP) is 11.2. The molecule has 9 rings (SSSR count). The topological polar surface area (TPSA) is 129 Å². The standard InChI is InChI=1S/C48H50N8.Mn.H2O/c1-17-18(2)26(10)34-33(25(17)9)41-49-42(34)54-44-37-29(13)21(5)22(6)30(14)38(37)46(51-44)56-48-40-32(16)24(8)23(7)31(15)39(40)47(52-48)55-45-36-28(12)20(4)19(3)27(11)35(36)43(50-45)53-41;;/h1-16H3,(H2,49,50,51,52,53,54,55,56);;1H2/q;+1;/p-1. The monoisotopic (exact) mass is 810 g/mol. The summed E-state index contributed by atoms with van der Waals surface area (Å²) in [5.74, 6) is 2.60. The van der Waals surface area contributed by atoms with E-state index >= 15 is 0 Å². The van der Waals surface area contributed by atoms with Crippen molar-refractivity contribution < 1.29 is 20.5 Å². The van der Waals surface area contributed by atoms with Gasteiger partial charge in [0.2, 0.25) is 0 Å². The summed E-state index contributed by atoms with van der Waals surface area (Å²) in [4.78, 5) is 40.0. The van der Waals surface area contributed by atoms with Gasteiger partial charge in [0, 0.05) is 43.8 Å². The van der Waals surface area contributed by atoms with Crippen LogP contribution in [-0.2, 0) is 16.3 Å². The zero-order valence-electron chi connectivity index (χ0n) is 36.5. The molecule has 8 bridgehead atoms. The van der Waals surface area contributed by atoms with E-state index in [-0.39, 0.29) is 0 Å². The van der Waals surface area contributed by atoms with Gasteiger partial charge in [-0.25, -0.2) is 29.9 Å². The van der Waals surface area contributed by atoms with Gasteiger partial charge < -0.3 is 9.97 Å². The minimum atomic E-state index is 0.650. The maximum absolute atomic E-state index is 6.81. The molecule has 0 fully saturated rings. The first-order valence-electron chi connectivity index (χ1n) is 19.9. The predicted molar refractivity (Wildman–Crippen MR) is 234 cm³/mol. The third-order valence-electron chi connectivity index (χ3n) is 14.4. The molecule has 5 heterocycles. The van der Waals surface area contributed by atoms with Crippen molar-refractivity contribution in [2.75, 3.05) is 0 Å². The Morgan fingerprint density at radius 2 is 0.431 bits per heavy atom. The summed E-state index contributed by atoms with van der Waals surface area (Å²) in [6.07, 6.45) is 0. The molecule has 0 amide bonds. The maximum atomic E-state index is 6.81. The fourth-order valence-corrected chi connectivity index (χ4v) is 9.53. The van der Waals surface area contributed by atoms with E-state index in [1.807, 2.05) is 16.3 Å².